The van der Waals surface area contributed by atoms with Crippen LogP contribution >= 0.6 is 0 Å². The summed E-state index contributed by atoms with van der Waals surface area (Å²) in [7, 11) is -3.81. The van der Waals surface area contributed by atoms with Crippen LogP contribution in [0.5, 0.6) is 0 Å². The number of para-hydroxylation sites is 2. The second kappa shape index (κ2) is 8.95. The van der Waals surface area contributed by atoms with E-state index in [1.165, 1.54) is 4.31 Å². The predicted molar refractivity (Wildman–Crippen MR) is 127 cm³/mol. The molecule has 0 saturated carbocycles. The summed E-state index contributed by atoms with van der Waals surface area (Å²) in [6.45, 7) is 5.37. The van der Waals surface area contributed by atoms with Gasteiger partial charge in [-0.1, -0.05) is 17.3 Å². The Balaban J connectivity index is 1.39. The minimum Gasteiger partial charge on any atom is -0.360 e. The summed E-state index contributed by atoms with van der Waals surface area (Å²) in [4.78, 5) is 25.0. The van der Waals surface area contributed by atoms with Crippen molar-refractivity contribution >= 4 is 38.6 Å². The van der Waals surface area contributed by atoms with E-state index in [0.29, 0.717) is 42.2 Å². The highest BCUT2D eigenvalue weighted by molar-refractivity contribution is 7.89. The Morgan fingerprint density at radius 2 is 1.76 bits per heavy atom. The molecule has 1 N–H and O–H groups in total. The smallest absolute Gasteiger partial charge is 0.248 e. The molecular formula is C23H28N6O4S. The van der Waals surface area contributed by atoms with E-state index in [1.54, 1.807) is 13.8 Å². The largest absolute Gasteiger partial charge is 0.360 e. The van der Waals surface area contributed by atoms with E-state index in [4.69, 9.17) is 14.5 Å². The van der Waals surface area contributed by atoms with Crippen LogP contribution in [0, 0.1) is 19.8 Å². The van der Waals surface area contributed by atoms with Crippen LogP contribution in [-0.4, -0.2) is 59.9 Å². The Bertz CT molecular complexity index is 1310. The fourth-order valence-corrected chi connectivity index (χ4v) is 6.60. The number of anilines is 2. The number of rotatable bonds is 5. The van der Waals surface area contributed by atoms with Crippen molar-refractivity contribution in [2.24, 2.45) is 5.92 Å². The van der Waals surface area contributed by atoms with E-state index >= 15 is 0 Å². The second-order valence-electron chi connectivity index (χ2n) is 8.92. The number of aryl methyl sites for hydroxylation is 2. The molecule has 0 spiro atoms. The molecule has 180 valence electrons. The summed E-state index contributed by atoms with van der Waals surface area (Å²) < 4.78 is 32.9. The highest BCUT2D eigenvalue weighted by Crippen LogP contribution is 2.31. The minimum atomic E-state index is -3.81. The van der Waals surface area contributed by atoms with Gasteiger partial charge in [-0.3, -0.25) is 4.79 Å². The molecule has 1 atom stereocenters. The highest BCUT2D eigenvalue weighted by Gasteiger charge is 2.37. The van der Waals surface area contributed by atoms with E-state index in [9.17, 15) is 13.2 Å². The molecular weight excluding hydrogens is 456 g/mol. The fourth-order valence-electron chi connectivity index (χ4n) is 4.79. The molecule has 11 heteroatoms. The lowest BCUT2D eigenvalue weighted by Crippen LogP contribution is -2.44. The molecule has 10 nitrogen and oxygen atoms in total. The molecule has 5 rings (SSSR count). The van der Waals surface area contributed by atoms with Crippen LogP contribution in [0.25, 0.3) is 11.0 Å². The average Bonchev–Trinajstić information content (AvgIpc) is 3.48. The molecule has 2 fully saturated rings. The average molecular weight is 485 g/mol. The third-order valence-corrected chi connectivity index (χ3v) is 8.63. The Morgan fingerprint density at radius 1 is 1.06 bits per heavy atom. The topological polar surface area (TPSA) is 122 Å². The quantitative estimate of drug-likeness (QED) is 0.587. The number of hydrogen-bond acceptors (Lipinski definition) is 8. The zero-order chi connectivity index (χ0) is 23.9. The third kappa shape index (κ3) is 4.14. The van der Waals surface area contributed by atoms with Crippen LogP contribution in [0.3, 0.4) is 0 Å². The Kier molecular flexibility index (Phi) is 5.98. The molecule has 0 aliphatic carbocycles. The number of hydrogen-bond donors (Lipinski definition) is 1. The number of fused-ring (bicyclic) bond motifs is 1. The molecule has 2 aromatic heterocycles. The first kappa shape index (κ1) is 22.7. The van der Waals surface area contributed by atoms with Crippen molar-refractivity contribution in [2.45, 2.75) is 44.4 Å². The van der Waals surface area contributed by atoms with Gasteiger partial charge in [0.15, 0.2) is 17.4 Å². The minimum absolute atomic E-state index is 0.0882. The van der Waals surface area contributed by atoms with Crippen LogP contribution in [0.15, 0.2) is 33.7 Å². The van der Waals surface area contributed by atoms with Crippen molar-refractivity contribution in [3.8, 4) is 0 Å². The number of nitrogens with zero attached hydrogens (tertiary/aromatic N) is 5. The van der Waals surface area contributed by atoms with Gasteiger partial charge >= 0.3 is 0 Å². The first-order valence-corrected chi connectivity index (χ1v) is 13.0. The van der Waals surface area contributed by atoms with E-state index < -0.39 is 15.9 Å². The zero-order valence-electron chi connectivity index (χ0n) is 19.3. The number of nitrogens with one attached hydrogen (secondary N) is 1. The van der Waals surface area contributed by atoms with Gasteiger partial charge in [0.25, 0.3) is 0 Å². The monoisotopic (exact) mass is 484 g/mol. The fraction of sp³-hybridized carbons (Fsp3) is 0.478. The van der Waals surface area contributed by atoms with Crippen LogP contribution in [-0.2, 0) is 14.8 Å². The number of carbonyl (C=O) groups excluding carboxylic acids is 1. The van der Waals surface area contributed by atoms with Crippen LogP contribution < -0.4 is 10.2 Å². The van der Waals surface area contributed by atoms with Crippen LogP contribution in [0.4, 0.5) is 11.6 Å². The van der Waals surface area contributed by atoms with Gasteiger partial charge in [-0.2, -0.15) is 4.31 Å². The molecule has 1 aromatic carbocycles. The van der Waals surface area contributed by atoms with Gasteiger partial charge in [0, 0.05) is 26.2 Å². The lowest BCUT2D eigenvalue weighted by Gasteiger charge is -2.31. The summed E-state index contributed by atoms with van der Waals surface area (Å²) in [5.41, 5.74) is 1.80. The molecule has 1 unspecified atom stereocenters. The van der Waals surface area contributed by atoms with Crippen molar-refractivity contribution in [3.05, 3.63) is 35.7 Å². The molecule has 34 heavy (non-hydrogen) atoms. The zero-order valence-corrected chi connectivity index (χ0v) is 20.1. The van der Waals surface area contributed by atoms with E-state index in [2.05, 4.69) is 15.4 Å². The Hall–Kier alpha value is -3.05. The summed E-state index contributed by atoms with van der Waals surface area (Å²) >= 11 is 0. The lowest BCUT2D eigenvalue weighted by molar-refractivity contribution is -0.120. The molecule has 1 amide bonds. The van der Waals surface area contributed by atoms with Crippen molar-refractivity contribution in [1.82, 2.24) is 19.4 Å². The SMILES string of the molecule is Cc1noc(C)c1S(=O)(=O)N1CCCC(C(=O)Nc2nc3ccccc3nc2N2CCCC2)C1. The number of benzene rings is 1. The Morgan fingerprint density at radius 3 is 2.44 bits per heavy atom. The number of carbonyl (C=O) groups is 1. The maximum Gasteiger partial charge on any atom is 0.248 e. The van der Waals surface area contributed by atoms with Crippen LogP contribution in [0.2, 0.25) is 0 Å². The highest BCUT2D eigenvalue weighted by atomic mass is 32.2. The summed E-state index contributed by atoms with van der Waals surface area (Å²) in [5.74, 6) is 0.606. The molecule has 3 aromatic rings. The van der Waals surface area contributed by atoms with Gasteiger partial charge in [0.05, 0.1) is 17.0 Å². The molecule has 2 saturated heterocycles. The van der Waals surface area contributed by atoms with Crippen molar-refractivity contribution < 1.29 is 17.7 Å². The summed E-state index contributed by atoms with van der Waals surface area (Å²) in [5, 5.41) is 6.75. The number of piperidine rings is 1. The maximum atomic E-state index is 13.3. The normalized spacial score (nSPS) is 19.6. The number of amides is 1. The van der Waals surface area contributed by atoms with Crippen molar-refractivity contribution in [3.63, 3.8) is 0 Å². The molecule has 4 heterocycles. The standard InChI is InChI=1S/C23H28N6O4S/c1-15-20(16(2)33-27-15)34(31,32)29-13-7-8-17(14-29)23(30)26-21-22(28-11-5-6-12-28)25-19-10-4-3-9-18(19)24-21/h3-4,9-10,17H,5-8,11-14H2,1-2H3,(H,24,26,30). The van der Waals surface area contributed by atoms with Gasteiger partial charge in [-0.05, 0) is 51.7 Å². The summed E-state index contributed by atoms with van der Waals surface area (Å²) in [6.07, 6.45) is 3.32. The van der Waals surface area contributed by atoms with Gasteiger partial charge in [0.1, 0.15) is 10.6 Å². The first-order chi connectivity index (χ1) is 16.3. The lowest BCUT2D eigenvalue weighted by atomic mass is 9.99. The van der Waals surface area contributed by atoms with E-state index in [1.807, 2.05) is 24.3 Å². The predicted octanol–water partition coefficient (Wildman–Crippen LogP) is 2.87. The van der Waals surface area contributed by atoms with Crippen molar-refractivity contribution in [2.75, 3.05) is 36.4 Å². The van der Waals surface area contributed by atoms with E-state index in [-0.39, 0.29) is 23.1 Å². The second-order valence-corrected chi connectivity index (χ2v) is 10.8. The summed E-state index contributed by atoms with van der Waals surface area (Å²) in [6, 6.07) is 7.58. The number of sulfonamides is 1. The van der Waals surface area contributed by atoms with Gasteiger partial charge in [0.2, 0.25) is 15.9 Å². The van der Waals surface area contributed by atoms with Gasteiger partial charge < -0.3 is 14.7 Å². The first-order valence-electron chi connectivity index (χ1n) is 11.6. The number of aromatic nitrogens is 3. The molecule has 0 bridgehead atoms. The van der Waals surface area contributed by atoms with E-state index in [0.717, 1.165) is 31.4 Å². The third-order valence-electron chi connectivity index (χ3n) is 6.52. The van der Waals surface area contributed by atoms with Crippen LogP contribution in [0.1, 0.15) is 37.1 Å². The van der Waals surface area contributed by atoms with Crippen molar-refractivity contribution in [1.29, 1.82) is 0 Å². The maximum absolute atomic E-state index is 13.3. The molecule has 0 radical (unpaired) electrons. The van der Waals surface area contributed by atoms with Gasteiger partial charge in [-0.15, -0.1) is 0 Å². The molecule has 2 aliphatic rings. The molecule has 2 aliphatic heterocycles. The van der Waals surface area contributed by atoms with Gasteiger partial charge in [-0.25, -0.2) is 18.4 Å². The Labute approximate surface area is 198 Å².